The number of phenolic OH excluding ortho intramolecular Hbond substituents is 1. The molecule has 2 atom stereocenters. The molecule has 2 aliphatic rings. The molecule has 4 heterocycles. The summed E-state index contributed by atoms with van der Waals surface area (Å²) in [5.74, 6) is 1.06. The number of phenols is 1. The minimum Gasteiger partial charge on any atom is -0.508 e. The van der Waals surface area contributed by atoms with Crippen molar-refractivity contribution < 1.29 is 18.6 Å². The first-order valence-corrected chi connectivity index (χ1v) is 12.9. The fourth-order valence-electron chi connectivity index (χ4n) is 5.80. The van der Waals surface area contributed by atoms with E-state index in [1.54, 1.807) is 0 Å². The number of aryl methyl sites for hydroxylation is 1. The summed E-state index contributed by atoms with van der Waals surface area (Å²) in [6.07, 6.45) is 7.32. The summed E-state index contributed by atoms with van der Waals surface area (Å²) in [5, 5.41) is 14.9. The first-order valence-electron chi connectivity index (χ1n) is 12.9. The first kappa shape index (κ1) is 25.1. The topological polar surface area (TPSA) is 92.5 Å². The Morgan fingerprint density at radius 2 is 1.87 bits per heavy atom. The van der Waals surface area contributed by atoms with Gasteiger partial charge >= 0.3 is 5.69 Å². The van der Waals surface area contributed by atoms with E-state index in [0.717, 1.165) is 17.4 Å². The highest BCUT2D eigenvalue weighted by atomic mass is 19.1. The third-order valence-corrected chi connectivity index (χ3v) is 7.44. The van der Waals surface area contributed by atoms with Gasteiger partial charge in [-0.05, 0) is 50.3 Å². The number of rotatable bonds is 4. The monoisotopic (exact) mass is 531 g/mol. The molecule has 2 saturated heterocycles. The molecule has 2 N–H and O–H groups in total. The maximum absolute atomic E-state index is 16.7. The zero-order valence-corrected chi connectivity index (χ0v) is 21.8. The third-order valence-electron chi connectivity index (χ3n) is 7.44. The number of aromatic nitrogens is 3. The Balaban J connectivity index is 1.71. The van der Waals surface area contributed by atoms with Crippen LogP contribution < -0.4 is 20.6 Å². The van der Waals surface area contributed by atoms with E-state index in [0.29, 0.717) is 24.3 Å². The van der Waals surface area contributed by atoms with Gasteiger partial charge in [-0.25, -0.2) is 18.6 Å². The van der Waals surface area contributed by atoms with Crippen LogP contribution in [0.15, 0.2) is 29.1 Å². The molecule has 0 spiro atoms. The van der Waals surface area contributed by atoms with E-state index in [1.807, 2.05) is 18.7 Å². The number of halogens is 2. The zero-order chi connectivity index (χ0) is 27.6. The largest absolute Gasteiger partial charge is 0.508 e. The highest BCUT2D eigenvalue weighted by Gasteiger charge is 2.35. The van der Waals surface area contributed by atoms with E-state index >= 15 is 4.39 Å². The minimum atomic E-state index is -0.832. The predicted octanol–water partition coefficient (Wildman–Crippen LogP) is 3.84. The number of pyridine rings is 1. The fourth-order valence-corrected chi connectivity index (χ4v) is 5.80. The molecule has 8 nitrogen and oxygen atoms in total. The average molecular weight is 532 g/mol. The average Bonchev–Trinajstić information content (AvgIpc) is 3.23. The number of terminal acetylenes is 1. The highest BCUT2D eigenvalue weighted by Crippen LogP contribution is 2.42. The second-order valence-corrected chi connectivity index (χ2v) is 10.4. The van der Waals surface area contributed by atoms with Gasteiger partial charge in [0.15, 0.2) is 5.82 Å². The van der Waals surface area contributed by atoms with Gasteiger partial charge in [0.2, 0.25) is 5.88 Å². The quantitative estimate of drug-likeness (QED) is 0.387. The molecule has 2 aromatic heterocycles. The SMILES string of the molecule is C#Cc1c(F)ccc2cc(O)cc(-c3nc(OC(C)C)c4c(N5CC6CCC(C5)N6)nc(=O)n(C)c4c3F)c12. The molecule has 10 heteroatoms. The van der Waals surface area contributed by atoms with Gasteiger partial charge < -0.3 is 20.1 Å². The van der Waals surface area contributed by atoms with E-state index in [2.05, 4.69) is 21.2 Å². The van der Waals surface area contributed by atoms with Crippen LogP contribution in [0.1, 0.15) is 32.3 Å². The molecule has 2 bridgehead atoms. The molecule has 6 rings (SSSR count). The van der Waals surface area contributed by atoms with Crippen molar-refractivity contribution in [2.75, 3.05) is 18.0 Å². The van der Waals surface area contributed by atoms with E-state index < -0.39 is 17.3 Å². The second kappa shape index (κ2) is 9.20. The van der Waals surface area contributed by atoms with Crippen molar-refractivity contribution in [1.29, 1.82) is 0 Å². The summed E-state index contributed by atoms with van der Waals surface area (Å²) in [7, 11) is 1.43. The van der Waals surface area contributed by atoms with Crippen LogP contribution in [0.2, 0.25) is 0 Å². The molecule has 0 aliphatic carbocycles. The summed E-state index contributed by atoms with van der Waals surface area (Å²) in [4.78, 5) is 24.0. The Bertz CT molecular complexity index is 1750. The Kier molecular flexibility index (Phi) is 5.92. The third kappa shape index (κ3) is 4.05. The number of anilines is 1. The van der Waals surface area contributed by atoms with Gasteiger partial charge in [0.05, 0.1) is 17.2 Å². The van der Waals surface area contributed by atoms with E-state index in [4.69, 9.17) is 11.2 Å². The van der Waals surface area contributed by atoms with Gasteiger partial charge in [-0.1, -0.05) is 12.0 Å². The van der Waals surface area contributed by atoms with Crippen molar-refractivity contribution in [2.45, 2.75) is 44.9 Å². The van der Waals surface area contributed by atoms with Crippen molar-refractivity contribution in [3.63, 3.8) is 0 Å². The van der Waals surface area contributed by atoms with Crippen LogP contribution >= 0.6 is 0 Å². The number of ether oxygens (including phenoxy) is 1. The number of piperazine rings is 1. The Morgan fingerprint density at radius 1 is 1.15 bits per heavy atom. The maximum Gasteiger partial charge on any atom is 0.349 e. The van der Waals surface area contributed by atoms with Gasteiger partial charge in [-0.15, -0.1) is 6.42 Å². The smallest absolute Gasteiger partial charge is 0.349 e. The van der Waals surface area contributed by atoms with E-state index in [1.165, 1.54) is 31.3 Å². The van der Waals surface area contributed by atoms with Crippen molar-refractivity contribution in [3.05, 3.63) is 51.9 Å². The number of hydrogen-bond acceptors (Lipinski definition) is 7. The summed E-state index contributed by atoms with van der Waals surface area (Å²) in [6, 6.07) is 5.84. The van der Waals surface area contributed by atoms with Crippen molar-refractivity contribution in [3.8, 4) is 35.2 Å². The number of nitrogens with one attached hydrogen (secondary N) is 1. The number of benzene rings is 2. The van der Waals surface area contributed by atoms with Gasteiger partial charge in [-0.3, -0.25) is 4.57 Å². The molecule has 2 aliphatic heterocycles. The molecular formula is C29H27F2N5O3. The van der Waals surface area contributed by atoms with Gasteiger partial charge in [-0.2, -0.15) is 4.98 Å². The summed E-state index contributed by atoms with van der Waals surface area (Å²) < 4.78 is 38.6. The summed E-state index contributed by atoms with van der Waals surface area (Å²) >= 11 is 0. The maximum atomic E-state index is 16.7. The van der Waals surface area contributed by atoms with Crippen LogP contribution in [0.3, 0.4) is 0 Å². The van der Waals surface area contributed by atoms with Crippen molar-refractivity contribution in [2.24, 2.45) is 7.05 Å². The molecule has 4 aromatic rings. The molecule has 2 fully saturated rings. The van der Waals surface area contributed by atoms with Crippen LogP contribution in [0.4, 0.5) is 14.6 Å². The van der Waals surface area contributed by atoms with Gasteiger partial charge in [0, 0.05) is 43.2 Å². The number of nitrogens with zero attached hydrogens (tertiary/aromatic N) is 4. The van der Waals surface area contributed by atoms with E-state index in [9.17, 15) is 14.3 Å². The zero-order valence-electron chi connectivity index (χ0n) is 21.8. The molecule has 2 unspecified atom stereocenters. The van der Waals surface area contributed by atoms with Crippen LogP contribution in [0.5, 0.6) is 11.6 Å². The highest BCUT2D eigenvalue weighted by molar-refractivity contribution is 6.04. The van der Waals surface area contributed by atoms with E-state index in [-0.39, 0.29) is 62.9 Å². The molecular weight excluding hydrogens is 504 g/mol. The molecule has 0 amide bonds. The second-order valence-electron chi connectivity index (χ2n) is 10.4. The number of hydrogen-bond donors (Lipinski definition) is 2. The van der Waals surface area contributed by atoms with Crippen LogP contribution in [-0.4, -0.2) is 50.9 Å². The first-order chi connectivity index (χ1) is 18.7. The minimum absolute atomic E-state index is 0.0494. The van der Waals surface area contributed by atoms with Crippen molar-refractivity contribution >= 4 is 27.5 Å². The summed E-state index contributed by atoms with van der Waals surface area (Å²) in [5.41, 5.74) is -0.918. The van der Waals surface area contributed by atoms with Crippen molar-refractivity contribution in [1.82, 2.24) is 19.9 Å². The lowest BCUT2D eigenvalue weighted by Gasteiger charge is -2.34. The lowest BCUT2D eigenvalue weighted by atomic mass is 9.95. The molecule has 200 valence electrons. The number of fused-ring (bicyclic) bond motifs is 4. The Labute approximate surface area is 223 Å². The standard InChI is InChI=1S/C29H27F2N5O3/c1-5-19-21(30)9-6-15-10-18(37)11-20(22(15)19)25-24(31)26-23(28(33-25)39-14(2)3)27(34-29(38)35(26)4)36-12-16-7-8-17(13-36)32-16/h1,6,9-11,14,16-17,32,37H,7-8,12-13H2,2-4H3. The molecule has 0 radical (unpaired) electrons. The summed E-state index contributed by atoms with van der Waals surface area (Å²) in [6.45, 7) is 4.84. The fraction of sp³-hybridized carbons (Fsp3) is 0.345. The molecule has 2 aromatic carbocycles. The Hall–Kier alpha value is -4.23. The van der Waals surface area contributed by atoms with Gasteiger partial charge in [0.25, 0.3) is 0 Å². The lowest BCUT2D eigenvalue weighted by Crippen LogP contribution is -2.52. The van der Waals surface area contributed by atoms with Crippen LogP contribution in [-0.2, 0) is 7.05 Å². The van der Waals surface area contributed by atoms with Crippen LogP contribution in [0, 0.1) is 24.0 Å². The predicted molar refractivity (Wildman–Crippen MR) is 145 cm³/mol. The lowest BCUT2D eigenvalue weighted by molar-refractivity contribution is 0.236. The molecule has 39 heavy (non-hydrogen) atoms. The normalized spacial score (nSPS) is 18.7. The molecule has 0 saturated carbocycles. The van der Waals surface area contributed by atoms with Gasteiger partial charge in [0.1, 0.15) is 28.5 Å². The van der Waals surface area contributed by atoms with Crippen LogP contribution in [0.25, 0.3) is 32.9 Å². The number of aromatic hydroxyl groups is 1. The Morgan fingerprint density at radius 3 is 2.54 bits per heavy atom.